The molecule has 2 heterocycles. The van der Waals surface area contributed by atoms with Crippen LogP contribution in [0.5, 0.6) is 0 Å². The fourth-order valence-corrected chi connectivity index (χ4v) is 1.75. The maximum atomic E-state index is 4.65. The fourth-order valence-electron chi connectivity index (χ4n) is 1.33. The van der Waals surface area contributed by atoms with Crippen molar-refractivity contribution in [1.82, 2.24) is 20.1 Å². The molecule has 0 aliphatic heterocycles. The molecule has 0 aliphatic rings. The number of aryl methyl sites for hydroxylation is 1. The molecule has 0 spiro atoms. The first-order valence-corrected chi connectivity index (χ1v) is 6.10. The van der Waals surface area contributed by atoms with E-state index in [9.17, 15) is 0 Å². The Hall–Kier alpha value is -1.50. The van der Waals surface area contributed by atoms with Crippen molar-refractivity contribution < 1.29 is 4.52 Å². The Morgan fingerprint density at radius 1 is 1.35 bits per heavy atom. The van der Waals surface area contributed by atoms with Gasteiger partial charge in [-0.15, -0.1) is 0 Å². The zero-order valence-electron chi connectivity index (χ0n) is 9.35. The molecule has 0 aliphatic carbocycles. The Balaban J connectivity index is 2.04. The van der Waals surface area contributed by atoms with Gasteiger partial charge in [-0.05, 0) is 22.4 Å². The van der Waals surface area contributed by atoms with Gasteiger partial charge in [0.1, 0.15) is 16.2 Å². The Morgan fingerprint density at radius 2 is 2.24 bits per heavy atom. The third-order valence-electron chi connectivity index (χ3n) is 2.05. The number of hydrogen-bond donors (Lipinski definition) is 1. The molecule has 0 saturated carbocycles. The number of nitrogens with zero attached hydrogens (tertiary/aromatic N) is 4. The van der Waals surface area contributed by atoms with Crippen molar-refractivity contribution in [3.8, 4) is 0 Å². The lowest BCUT2D eigenvalue weighted by atomic mass is 10.3. The molecule has 0 fully saturated rings. The molecule has 90 valence electrons. The second kappa shape index (κ2) is 5.72. The van der Waals surface area contributed by atoms with Gasteiger partial charge in [-0.25, -0.2) is 9.97 Å². The summed E-state index contributed by atoms with van der Waals surface area (Å²) in [6.07, 6.45) is 3.17. The van der Waals surface area contributed by atoms with Crippen molar-refractivity contribution in [2.24, 2.45) is 0 Å². The summed E-state index contributed by atoms with van der Waals surface area (Å²) in [5.41, 5.74) is 0. The van der Waals surface area contributed by atoms with E-state index in [-0.39, 0.29) is 0 Å². The minimum absolute atomic E-state index is 0.478. The number of hydrogen-bond acceptors (Lipinski definition) is 6. The van der Waals surface area contributed by atoms with Gasteiger partial charge < -0.3 is 9.84 Å². The third kappa shape index (κ3) is 3.48. The maximum Gasteiger partial charge on any atom is 0.213 e. The summed E-state index contributed by atoms with van der Waals surface area (Å²) in [6, 6.07) is 1.82. The molecule has 2 rings (SSSR count). The molecule has 0 radical (unpaired) electrons. The van der Waals surface area contributed by atoms with Crippen molar-refractivity contribution in [2.75, 3.05) is 5.32 Å². The molecular formula is C10H12BrN5O. The topological polar surface area (TPSA) is 76.7 Å². The van der Waals surface area contributed by atoms with Gasteiger partial charge in [-0.3, -0.25) is 0 Å². The van der Waals surface area contributed by atoms with Crippen molar-refractivity contribution >= 4 is 21.7 Å². The summed E-state index contributed by atoms with van der Waals surface area (Å²) in [5, 5.41) is 6.83. The van der Waals surface area contributed by atoms with E-state index in [1.165, 1.54) is 6.39 Å². The molecule has 0 saturated heterocycles. The molecule has 17 heavy (non-hydrogen) atoms. The molecule has 1 N–H and O–H groups in total. The van der Waals surface area contributed by atoms with E-state index in [2.05, 4.69) is 52.8 Å². The second-order valence-corrected chi connectivity index (χ2v) is 4.26. The second-order valence-electron chi connectivity index (χ2n) is 3.44. The highest BCUT2D eigenvalue weighted by molar-refractivity contribution is 9.10. The molecule has 7 heteroatoms. The Kier molecular flexibility index (Phi) is 4.03. The van der Waals surface area contributed by atoms with Crippen LogP contribution in [-0.4, -0.2) is 20.1 Å². The SMILES string of the molecule is CCCc1nc(Br)cc(NCc2ncon2)n1. The summed E-state index contributed by atoms with van der Waals surface area (Å²) in [5.74, 6) is 2.16. The van der Waals surface area contributed by atoms with Crippen molar-refractivity contribution in [3.05, 3.63) is 28.7 Å². The van der Waals surface area contributed by atoms with Crippen LogP contribution < -0.4 is 5.32 Å². The molecule has 2 aromatic heterocycles. The number of anilines is 1. The van der Waals surface area contributed by atoms with Gasteiger partial charge in [0, 0.05) is 12.5 Å². The first-order valence-electron chi connectivity index (χ1n) is 5.30. The van der Waals surface area contributed by atoms with E-state index in [1.807, 2.05) is 6.07 Å². The summed E-state index contributed by atoms with van der Waals surface area (Å²) in [6.45, 7) is 2.57. The molecule has 0 bridgehead atoms. The summed E-state index contributed by atoms with van der Waals surface area (Å²) >= 11 is 3.36. The normalized spacial score (nSPS) is 10.5. The summed E-state index contributed by atoms with van der Waals surface area (Å²) < 4.78 is 5.42. The van der Waals surface area contributed by atoms with Gasteiger partial charge in [0.2, 0.25) is 6.39 Å². The maximum absolute atomic E-state index is 4.65. The largest absolute Gasteiger partial charge is 0.362 e. The van der Waals surface area contributed by atoms with E-state index in [0.29, 0.717) is 12.4 Å². The van der Waals surface area contributed by atoms with E-state index < -0.39 is 0 Å². The smallest absolute Gasteiger partial charge is 0.213 e. The minimum Gasteiger partial charge on any atom is -0.362 e. The average molecular weight is 298 g/mol. The predicted molar refractivity (Wildman–Crippen MR) is 65.4 cm³/mol. The standard InChI is InChI=1S/C10H12BrN5O/c1-2-3-8-14-7(11)4-9(15-8)12-5-10-13-6-17-16-10/h4,6H,2-3,5H2,1H3,(H,12,14,15). The Morgan fingerprint density at radius 3 is 2.94 bits per heavy atom. The van der Waals surface area contributed by atoms with Crippen molar-refractivity contribution in [3.63, 3.8) is 0 Å². The van der Waals surface area contributed by atoms with Gasteiger partial charge in [0.15, 0.2) is 5.82 Å². The monoisotopic (exact) mass is 297 g/mol. The van der Waals surface area contributed by atoms with Gasteiger partial charge in [-0.2, -0.15) is 4.98 Å². The highest BCUT2D eigenvalue weighted by atomic mass is 79.9. The number of nitrogens with one attached hydrogen (secondary N) is 1. The lowest BCUT2D eigenvalue weighted by Crippen LogP contribution is -2.05. The van der Waals surface area contributed by atoms with Gasteiger partial charge in [0.25, 0.3) is 0 Å². The van der Waals surface area contributed by atoms with Crippen LogP contribution in [-0.2, 0) is 13.0 Å². The lowest BCUT2D eigenvalue weighted by molar-refractivity contribution is 0.411. The average Bonchev–Trinajstić information content (AvgIpc) is 2.79. The zero-order valence-corrected chi connectivity index (χ0v) is 10.9. The number of aromatic nitrogens is 4. The molecule has 0 unspecified atom stereocenters. The number of rotatable bonds is 5. The molecule has 0 amide bonds. The molecule has 6 nitrogen and oxygen atoms in total. The third-order valence-corrected chi connectivity index (χ3v) is 2.46. The van der Waals surface area contributed by atoms with Crippen LogP contribution in [0.15, 0.2) is 21.6 Å². The highest BCUT2D eigenvalue weighted by Crippen LogP contribution is 2.13. The van der Waals surface area contributed by atoms with E-state index in [0.717, 1.165) is 29.1 Å². The first-order chi connectivity index (χ1) is 8.28. The van der Waals surface area contributed by atoms with E-state index >= 15 is 0 Å². The lowest BCUT2D eigenvalue weighted by Gasteiger charge is -2.05. The van der Waals surface area contributed by atoms with Crippen LogP contribution in [0.1, 0.15) is 25.0 Å². The van der Waals surface area contributed by atoms with Gasteiger partial charge in [0.05, 0.1) is 6.54 Å². The predicted octanol–water partition coefficient (Wildman–Crippen LogP) is 2.19. The van der Waals surface area contributed by atoms with Crippen LogP contribution in [0.3, 0.4) is 0 Å². The quantitative estimate of drug-likeness (QED) is 0.853. The van der Waals surface area contributed by atoms with E-state index in [4.69, 9.17) is 0 Å². The Bertz CT molecular complexity index is 474. The van der Waals surface area contributed by atoms with Crippen LogP contribution in [0, 0.1) is 0 Å². The van der Waals surface area contributed by atoms with Crippen LogP contribution in [0.4, 0.5) is 5.82 Å². The van der Waals surface area contributed by atoms with E-state index in [1.54, 1.807) is 0 Å². The minimum atomic E-state index is 0.478. The molecule has 0 atom stereocenters. The molecule has 0 aromatic carbocycles. The fraction of sp³-hybridized carbons (Fsp3) is 0.400. The summed E-state index contributed by atoms with van der Waals surface area (Å²) in [7, 11) is 0. The van der Waals surface area contributed by atoms with Crippen LogP contribution >= 0.6 is 15.9 Å². The van der Waals surface area contributed by atoms with Crippen molar-refractivity contribution in [1.29, 1.82) is 0 Å². The highest BCUT2D eigenvalue weighted by Gasteiger charge is 2.04. The summed E-state index contributed by atoms with van der Waals surface area (Å²) in [4.78, 5) is 12.6. The first kappa shape index (κ1) is 12.0. The molecule has 2 aromatic rings. The van der Waals surface area contributed by atoms with Crippen molar-refractivity contribution in [2.45, 2.75) is 26.3 Å². The Labute approximate surface area is 107 Å². The van der Waals surface area contributed by atoms with Crippen LogP contribution in [0.2, 0.25) is 0 Å². The van der Waals surface area contributed by atoms with Gasteiger partial charge in [-0.1, -0.05) is 12.1 Å². The number of halogens is 1. The zero-order chi connectivity index (χ0) is 12.1. The van der Waals surface area contributed by atoms with Crippen LogP contribution in [0.25, 0.3) is 0 Å². The molecular weight excluding hydrogens is 286 g/mol. The van der Waals surface area contributed by atoms with Gasteiger partial charge >= 0.3 is 0 Å².